The summed E-state index contributed by atoms with van der Waals surface area (Å²) >= 11 is 0. The van der Waals surface area contributed by atoms with Crippen molar-refractivity contribution in [3.8, 4) is 0 Å². The second-order valence-corrected chi connectivity index (χ2v) is 6.03. The maximum atomic E-state index is 11.7. The van der Waals surface area contributed by atoms with E-state index in [4.69, 9.17) is 10.8 Å². The summed E-state index contributed by atoms with van der Waals surface area (Å²) in [5.74, 6) is -1.93. The lowest BCUT2D eigenvalue weighted by molar-refractivity contribution is -0.137. The third-order valence-electron chi connectivity index (χ3n) is 3.83. The third-order valence-corrected chi connectivity index (χ3v) is 3.83. The molecule has 0 aliphatic carbocycles. The smallest absolute Gasteiger partial charge is 0.303 e. The van der Waals surface area contributed by atoms with Gasteiger partial charge in [-0.25, -0.2) is 0 Å². The summed E-state index contributed by atoms with van der Waals surface area (Å²) in [6, 6.07) is -0.892. The Labute approximate surface area is 139 Å². The fourth-order valence-corrected chi connectivity index (χ4v) is 2.42. The van der Waals surface area contributed by atoms with Gasteiger partial charge in [0.2, 0.25) is 11.8 Å². The predicted molar refractivity (Wildman–Crippen MR) is 89.8 cm³/mol. The number of carbonyl (C=O) groups excluding carboxylic acids is 2. The minimum Gasteiger partial charge on any atom is -0.481 e. The van der Waals surface area contributed by atoms with Gasteiger partial charge in [-0.3, -0.25) is 14.4 Å². The summed E-state index contributed by atoms with van der Waals surface area (Å²) in [7, 11) is 0. The summed E-state index contributed by atoms with van der Waals surface area (Å²) in [6.07, 6.45) is 10.7. The molecule has 6 nitrogen and oxygen atoms in total. The maximum Gasteiger partial charge on any atom is 0.303 e. The summed E-state index contributed by atoms with van der Waals surface area (Å²) in [5.41, 5.74) is 5.17. The van der Waals surface area contributed by atoms with E-state index in [9.17, 15) is 14.4 Å². The number of hydrogen-bond acceptors (Lipinski definition) is 3. The SMILES string of the molecule is CCCCCCCCCCCC(=O)N[C@H](CCC(=O)O)C(N)=O. The van der Waals surface area contributed by atoms with Crippen LogP contribution in [0.3, 0.4) is 0 Å². The molecule has 0 aliphatic heterocycles. The molecule has 134 valence electrons. The van der Waals surface area contributed by atoms with Crippen molar-refractivity contribution in [1.29, 1.82) is 0 Å². The second-order valence-electron chi connectivity index (χ2n) is 6.03. The molecule has 0 saturated heterocycles. The van der Waals surface area contributed by atoms with Gasteiger partial charge in [0, 0.05) is 12.8 Å². The number of carboxylic acid groups (broad SMARTS) is 1. The van der Waals surface area contributed by atoms with Crippen LogP contribution in [-0.4, -0.2) is 28.9 Å². The van der Waals surface area contributed by atoms with Gasteiger partial charge in [0.05, 0.1) is 0 Å². The van der Waals surface area contributed by atoms with Gasteiger partial charge in [0.25, 0.3) is 0 Å². The van der Waals surface area contributed by atoms with Crippen molar-refractivity contribution in [2.45, 2.75) is 90.0 Å². The summed E-state index contributed by atoms with van der Waals surface area (Å²) in [5, 5.41) is 11.1. The zero-order valence-corrected chi connectivity index (χ0v) is 14.3. The van der Waals surface area contributed by atoms with Gasteiger partial charge >= 0.3 is 5.97 Å². The van der Waals surface area contributed by atoms with E-state index in [1.54, 1.807) is 0 Å². The summed E-state index contributed by atoms with van der Waals surface area (Å²) in [4.78, 5) is 33.4. The van der Waals surface area contributed by atoms with Crippen molar-refractivity contribution in [3.05, 3.63) is 0 Å². The zero-order chi connectivity index (χ0) is 17.5. The van der Waals surface area contributed by atoms with E-state index in [-0.39, 0.29) is 18.7 Å². The van der Waals surface area contributed by atoms with Gasteiger partial charge in [-0.1, -0.05) is 58.3 Å². The van der Waals surface area contributed by atoms with E-state index < -0.39 is 17.9 Å². The summed E-state index contributed by atoms with van der Waals surface area (Å²) in [6.45, 7) is 2.20. The Morgan fingerprint density at radius 3 is 1.91 bits per heavy atom. The number of rotatable bonds is 15. The molecule has 0 aromatic rings. The topological polar surface area (TPSA) is 109 Å². The lowest BCUT2D eigenvalue weighted by Gasteiger charge is -2.14. The molecule has 0 bridgehead atoms. The molecule has 1 atom stereocenters. The van der Waals surface area contributed by atoms with E-state index >= 15 is 0 Å². The molecule has 4 N–H and O–H groups in total. The molecule has 0 heterocycles. The highest BCUT2D eigenvalue weighted by Crippen LogP contribution is 2.10. The first kappa shape index (κ1) is 21.4. The minimum atomic E-state index is -1.01. The Hall–Kier alpha value is -1.59. The van der Waals surface area contributed by atoms with Crippen molar-refractivity contribution in [2.75, 3.05) is 0 Å². The molecule has 0 radical (unpaired) electrons. The van der Waals surface area contributed by atoms with Crippen molar-refractivity contribution in [2.24, 2.45) is 5.73 Å². The van der Waals surface area contributed by atoms with Crippen LogP contribution in [0.5, 0.6) is 0 Å². The van der Waals surface area contributed by atoms with Crippen molar-refractivity contribution >= 4 is 17.8 Å². The van der Waals surface area contributed by atoms with Crippen molar-refractivity contribution in [1.82, 2.24) is 5.32 Å². The van der Waals surface area contributed by atoms with Crippen LogP contribution in [0.25, 0.3) is 0 Å². The van der Waals surface area contributed by atoms with Gasteiger partial charge in [-0.05, 0) is 12.8 Å². The molecule has 0 aromatic heterocycles. The highest BCUT2D eigenvalue weighted by atomic mass is 16.4. The van der Waals surface area contributed by atoms with Crippen molar-refractivity contribution < 1.29 is 19.5 Å². The number of carboxylic acids is 1. The monoisotopic (exact) mass is 328 g/mol. The molecule has 23 heavy (non-hydrogen) atoms. The Morgan fingerprint density at radius 1 is 0.913 bits per heavy atom. The van der Waals surface area contributed by atoms with Gasteiger partial charge in [-0.2, -0.15) is 0 Å². The molecule has 0 rings (SSSR count). The second kappa shape index (κ2) is 14.0. The molecule has 0 spiro atoms. The van der Waals surface area contributed by atoms with E-state index in [0.29, 0.717) is 6.42 Å². The number of aliphatic carboxylic acids is 1. The Morgan fingerprint density at radius 2 is 1.43 bits per heavy atom. The molecular weight excluding hydrogens is 296 g/mol. The maximum absolute atomic E-state index is 11.7. The van der Waals surface area contributed by atoms with Gasteiger partial charge in [-0.15, -0.1) is 0 Å². The first-order chi connectivity index (χ1) is 11.0. The standard InChI is InChI=1S/C17H32N2O4/c1-2-3-4-5-6-7-8-9-10-11-15(20)19-14(17(18)23)12-13-16(21)22/h14H,2-13H2,1H3,(H2,18,23)(H,19,20)(H,21,22)/t14-/m1/s1. The Bertz CT molecular complexity index is 359. The highest BCUT2D eigenvalue weighted by molar-refractivity contribution is 5.86. The van der Waals surface area contributed by atoms with Crippen LogP contribution in [0, 0.1) is 0 Å². The average Bonchev–Trinajstić information content (AvgIpc) is 2.49. The number of hydrogen-bond donors (Lipinski definition) is 3. The molecule has 6 heteroatoms. The molecule has 2 amide bonds. The number of nitrogens with two attached hydrogens (primary N) is 1. The largest absolute Gasteiger partial charge is 0.481 e. The normalized spacial score (nSPS) is 11.9. The molecule has 0 aliphatic rings. The number of primary amides is 1. The quantitative estimate of drug-likeness (QED) is 0.401. The van der Waals surface area contributed by atoms with Crippen LogP contribution in [0.4, 0.5) is 0 Å². The third kappa shape index (κ3) is 13.8. The van der Waals surface area contributed by atoms with Crippen LogP contribution >= 0.6 is 0 Å². The molecule has 0 aromatic carbocycles. The first-order valence-electron chi connectivity index (χ1n) is 8.77. The molecule has 0 unspecified atom stereocenters. The summed E-state index contributed by atoms with van der Waals surface area (Å²) < 4.78 is 0. The van der Waals surface area contributed by atoms with E-state index in [1.807, 2.05) is 0 Å². The average molecular weight is 328 g/mol. The number of nitrogens with one attached hydrogen (secondary N) is 1. The Kier molecular flexibility index (Phi) is 13.1. The first-order valence-corrected chi connectivity index (χ1v) is 8.77. The van der Waals surface area contributed by atoms with E-state index in [1.165, 1.54) is 38.5 Å². The van der Waals surface area contributed by atoms with Crippen LogP contribution in [-0.2, 0) is 14.4 Å². The zero-order valence-electron chi connectivity index (χ0n) is 14.3. The lowest BCUT2D eigenvalue weighted by Crippen LogP contribution is -2.44. The highest BCUT2D eigenvalue weighted by Gasteiger charge is 2.18. The molecular formula is C17H32N2O4. The van der Waals surface area contributed by atoms with Crippen LogP contribution in [0.15, 0.2) is 0 Å². The minimum absolute atomic E-state index is 0.0359. The van der Waals surface area contributed by atoms with E-state index in [0.717, 1.165) is 19.3 Å². The van der Waals surface area contributed by atoms with Crippen LogP contribution < -0.4 is 11.1 Å². The van der Waals surface area contributed by atoms with Gasteiger partial charge in [0.1, 0.15) is 6.04 Å². The van der Waals surface area contributed by atoms with Gasteiger partial charge in [0.15, 0.2) is 0 Å². The van der Waals surface area contributed by atoms with Crippen molar-refractivity contribution in [3.63, 3.8) is 0 Å². The number of carbonyl (C=O) groups is 3. The Balaban J connectivity index is 3.67. The fraction of sp³-hybridized carbons (Fsp3) is 0.824. The van der Waals surface area contributed by atoms with Gasteiger partial charge < -0.3 is 16.2 Å². The number of amides is 2. The fourth-order valence-electron chi connectivity index (χ4n) is 2.42. The predicted octanol–water partition coefficient (Wildman–Crippen LogP) is 2.74. The van der Waals surface area contributed by atoms with Crippen LogP contribution in [0.1, 0.15) is 84.0 Å². The van der Waals surface area contributed by atoms with Crippen LogP contribution in [0.2, 0.25) is 0 Å². The number of unbranched alkanes of at least 4 members (excludes halogenated alkanes) is 8. The molecule has 0 fully saturated rings. The molecule has 0 saturated carbocycles. The lowest BCUT2D eigenvalue weighted by atomic mass is 10.1. The van der Waals surface area contributed by atoms with E-state index in [2.05, 4.69) is 12.2 Å².